The number of amides is 2. The predicted molar refractivity (Wildman–Crippen MR) is 149 cm³/mol. The molecule has 2 saturated heterocycles. The Morgan fingerprint density at radius 3 is 2.67 bits per heavy atom. The van der Waals surface area contributed by atoms with Gasteiger partial charge in [-0.1, -0.05) is 23.7 Å². The second-order valence-electron chi connectivity index (χ2n) is 10.0. The Hall–Kier alpha value is -4.55. The van der Waals surface area contributed by atoms with Gasteiger partial charge in [0.2, 0.25) is 17.7 Å². The van der Waals surface area contributed by atoms with Gasteiger partial charge in [0, 0.05) is 23.3 Å². The third-order valence-electron chi connectivity index (χ3n) is 7.24. The van der Waals surface area contributed by atoms with Gasteiger partial charge in [0.25, 0.3) is 0 Å². The molecule has 216 valence electrons. The van der Waals surface area contributed by atoms with Crippen molar-refractivity contribution in [3.05, 3.63) is 82.4 Å². The summed E-state index contributed by atoms with van der Waals surface area (Å²) in [4.78, 5) is 49.7. The number of fused-ring (bicyclic) bond motifs is 1. The van der Waals surface area contributed by atoms with E-state index in [-0.39, 0.29) is 66.4 Å². The van der Waals surface area contributed by atoms with Crippen LogP contribution in [0.25, 0.3) is 11.0 Å². The highest BCUT2D eigenvalue weighted by atomic mass is 35.5. The van der Waals surface area contributed by atoms with Crippen molar-refractivity contribution in [2.45, 2.75) is 32.2 Å². The maximum absolute atomic E-state index is 14.1. The van der Waals surface area contributed by atoms with E-state index in [0.29, 0.717) is 35.6 Å². The number of ether oxygens (including phenoxy) is 2. The van der Waals surface area contributed by atoms with E-state index in [0.717, 1.165) is 6.42 Å². The molecule has 2 aromatic heterocycles. The lowest BCUT2D eigenvalue weighted by Crippen LogP contribution is -2.54. The summed E-state index contributed by atoms with van der Waals surface area (Å²) in [5.74, 6) is -1.29. The van der Waals surface area contributed by atoms with Gasteiger partial charge in [0.15, 0.2) is 0 Å². The lowest BCUT2D eigenvalue weighted by Gasteiger charge is -2.33. The SMILES string of the molecule is O=C(O)c1ccc2nc(CN3CC(=O)N(c4cccc(OCc5ccc(Cl)cc5F)n4)CC3=O)n(CC3CCO3)c2c1. The van der Waals surface area contributed by atoms with Crippen LogP contribution in [0.5, 0.6) is 5.88 Å². The first-order valence-electron chi connectivity index (χ1n) is 13.2. The largest absolute Gasteiger partial charge is 0.478 e. The van der Waals surface area contributed by atoms with Gasteiger partial charge in [-0.2, -0.15) is 4.98 Å². The molecule has 1 N–H and O–H groups in total. The van der Waals surface area contributed by atoms with Crippen LogP contribution in [0.2, 0.25) is 5.02 Å². The molecule has 0 aliphatic carbocycles. The van der Waals surface area contributed by atoms with Crippen molar-refractivity contribution in [1.29, 1.82) is 0 Å². The highest BCUT2D eigenvalue weighted by molar-refractivity contribution is 6.30. The van der Waals surface area contributed by atoms with Gasteiger partial charge < -0.3 is 24.0 Å². The molecule has 42 heavy (non-hydrogen) atoms. The first kappa shape index (κ1) is 27.6. The summed E-state index contributed by atoms with van der Waals surface area (Å²) in [6, 6.07) is 13.7. The van der Waals surface area contributed by atoms with Gasteiger partial charge >= 0.3 is 5.97 Å². The number of carboxylic acid groups (broad SMARTS) is 1. The van der Waals surface area contributed by atoms with Crippen molar-refractivity contribution < 1.29 is 33.4 Å². The fraction of sp³-hybridized carbons (Fsp3) is 0.276. The second-order valence-corrected chi connectivity index (χ2v) is 10.5. The quantitative estimate of drug-likeness (QED) is 0.311. The Bertz CT molecular complexity index is 1710. The number of piperazine rings is 1. The molecule has 13 heteroatoms. The number of hydrogen-bond donors (Lipinski definition) is 1. The number of pyridine rings is 1. The van der Waals surface area contributed by atoms with Crippen LogP contribution in [0.4, 0.5) is 10.2 Å². The molecule has 1 atom stereocenters. The highest BCUT2D eigenvalue weighted by Crippen LogP contribution is 2.25. The predicted octanol–water partition coefficient (Wildman–Crippen LogP) is 3.67. The van der Waals surface area contributed by atoms with Crippen molar-refractivity contribution in [3.63, 3.8) is 0 Å². The van der Waals surface area contributed by atoms with Gasteiger partial charge in [-0.25, -0.2) is 14.2 Å². The Labute approximate surface area is 244 Å². The molecular formula is C29H25ClFN5O6. The molecular weight excluding hydrogens is 569 g/mol. The minimum atomic E-state index is -1.05. The van der Waals surface area contributed by atoms with Crippen molar-refractivity contribution in [2.24, 2.45) is 0 Å². The molecule has 0 saturated carbocycles. The molecule has 11 nitrogen and oxygen atoms in total. The van der Waals surface area contributed by atoms with Crippen LogP contribution < -0.4 is 9.64 Å². The summed E-state index contributed by atoms with van der Waals surface area (Å²) >= 11 is 5.80. The average molecular weight is 594 g/mol. The van der Waals surface area contributed by atoms with Crippen molar-refractivity contribution in [3.8, 4) is 5.88 Å². The molecule has 1 unspecified atom stereocenters. The van der Waals surface area contributed by atoms with E-state index >= 15 is 0 Å². The second kappa shape index (κ2) is 11.4. The number of imidazole rings is 1. The maximum atomic E-state index is 14.1. The number of aromatic nitrogens is 3. The standard InChI is InChI=1S/C29H25ClFN5O6/c30-19-6-4-18(21(31)11-19)16-42-26-3-1-2-24(33-26)36-15-27(37)34(14-28(36)38)13-25-32-22-7-5-17(29(39)40)10-23(22)35(25)12-20-8-9-41-20/h1-7,10-11,20H,8-9,12-16H2,(H,39,40). The molecule has 4 heterocycles. The lowest BCUT2D eigenvalue weighted by atomic mass is 10.1. The third-order valence-corrected chi connectivity index (χ3v) is 7.47. The van der Waals surface area contributed by atoms with Gasteiger partial charge in [0.1, 0.15) is 37.2 Å². The third kappa shape index (κ3) is 5.63. The Morgan fingerprint density at radius 1 is 1.10 bits per heavy atom. The first-order valence-corrected chi connectivity index (χ1v) is 13.6. The van der Waals surface area contributed by atoms with Crippen molar-refractivity contribution in [1.82, 2.24) is 19.4 Å². The monoisotopic (exact) mass is 593 g/mol. The van der Waals surface area contributed by atoms with Gasteiger partial charge in [-0.15, -0.1) is 0 Å². The smallest absolute Gasteiger partial charge is 0.335 e. The van der Waals surface area contributed by atoms with E-state index < -0.39 is 11.8 Å². The molecule has 0 spiro atoms. The summed E-state index contributed by atoms with van der Waals surface area (Å²) in [6.45, 7) is 0.627. The number of benzene rings is 2. The molecule has 0 radical (unpaired) electrons. The summed E-state index contributed by atoms with van der Waals surface area (Å²) in [5, 5.41) is 9.74. The summed E-state index contributed by atoms with van der Waals surface area (Å²) in [5.41, 5.74) is 1.63. The van der Waals surface area contributed by atoms with Crippen molar-refractivity contribution >= 4 is 46.2 Å². The normalized spacial score (nSPS) is 17.0. The Kier molecular flexibility index (Phi) is 7.48. The molecule has 6 rings (SSSR count). The number of aromatic carboxylic acids is 1. The number of anilines is 1. The number of hydrogen-bond acceptors (Lipinski definition) is 7. The topological polar surface area (TPSA) is 127 Å². The number of carbonyl (C=O) groups excluding carboxylic acids is 2. The van der Waals surface area contributed by atoms with E-state index in [4.69, 9.17) is 21.1 Å². The van der Waals surface area contributed by atoms with Crippen LogP contribution in [0.15, 0.2) is 54.6 Å². The van der Waals surface area contributed by atoms with E-state index in [1.807, 2.05) is 4.57 Å². The van der Waals surface area contributed by atoms with Gasteiger partial charge in [0.05, 0.1) is 35.8 Å². The zero-order valence-corrected chi connectivity index (χ0v) is 23.0. The number of halogens is 2. The lowest BCUT2D eigenvalue weighted by molar-refractivity contribution is -0.139. The minimum Gasteiger partial charge on any atom is -0.478 e. The molecule has 2 fully saturated rings. The number of nitrogens with zero attached hydrogens (tertiary/aromatic N) is 5. The summed E-state index contributed by atoms with van der Waals surface area (Å²) < 4.78 is 27.2. The number of carbonyl (C=O) groups is 3. The number of rotatable bonds is 9. The van der Waals surface area contributed by atoms with E-state index in [9.17, 15) is 23.9 Å². The van der Waals surface area contributed by atoms with Gasteiger partial charge in [-0.3, -0.25) is 14.5 Å². The molecule has 2 aromatic carbocycles. The van der Waals surface area contributed by atoms with Crippen LogP contribution >= 0.6 is 11.6 Å². The van der Waals surface area contributed by atoms with E-state index in [2.05, 4.69) is 9.97 Å². The average Bonchev–Trinajstić information content (AvgIpc) is 3.28. The zero-order chi connectivity index (χ0) is 29.4. The molecule has 4 aromatic rings. The molecule has 2 amide bonds. The van der Waals surface area contributed by atoms with Crippen LogP contribution in [0.1, 0.15) is 28.2 Å². The van der Waals surface area contributed by atoms with E-state index in [1.54, 1.807) is 36.4 Å². The van der Waals surface area contributed by atoms with Crippen molar-refractivity contribution in [2.75, 3.05) is 24.6 Å². The highest BCUT2D eigenvalue weighted by Gasteiger charge is 2.33. The molecule has 0 bridgehead atoms. The summed E-state index contributed by atoms with van der Waals surface area (Å²) in [6.07, 6.45) is 0.818. The van der Waals surface area contributed by atoms with Crippen LogP contribution in [-0.4, -0.2) is 68.1 Å². The van der Waals surface area contributed by atoms with E-state index in [1.165, 1.54) is 28.0 Å². The van der Waals surface area contributed by atoms with Crippen LogP contribution in [-0.2, 0) is 34.0 Å². The first-order chi connectivity index (χ1) is 20.2. The summed E-state index contributed by atoms with van der Waals surface area (Å²) in [7, 11) is 0. The minimum absolute atomic E-state index is 0.0411. The zero-order valence-electron chi connectivity index (χ0n) is 22.2. The molecule has 2 aliphatic heterocycles. The van der Waals surface area contributed by atoms with Crippen LogP contribution in [0.3, 0.4) is 0 Å². The maximum Gasteiger partial charge on any atom is 0.335 e. The Morgan fingerprint density at radius 2 is 1.93 bits per heavy atom. The van der Waals surface area contributed by atoms with Gasteiger partial charge in [-0.05, 0) is 42.8 Å². The molecule has 2 aliphatic rings. The fourth-order valence-electron chi connectivity index (χ4n) is 4.87. The Balaban J connectivity index is 1.17. The van der Waals surface area contributed by atoms with Crippen LogP contribution in [0, 0.1) is 5.82 Å². The fourth-order valence-corrected chi connectivity index (χ4v) is 5.03. The number of carboxylic acids is 1.